The van der Waals surface area contributed by atoms with Gasteiger partial charge in [-0.2, -0.15) is 5.10 Å². The van der Waals surface area contributed by atoms with Crippen LogP contribution in [0, 0.1) is 5.92 Å². The molecule has 2 N–H and O–H groups in total. The largest absolute Gasteiger partial charge is 0.376 e. The molecule has 0 radical (unpaired) electrons. The van der Waals surface area contributed by atoms with Gasteiger partial charge in [-0.3, -0.25) is 5.43 Å². The number of thiocarbonyl (C=S) groups is 1. The van der Waals surface area contributed by atoms with Gasteiger partial charge in [0.25, 0.3) is 0 Å². The summed E-state index contributed by atoms with van der Waals surface area (Å²) >= 11 is 5.21. The standard InChI is InChI=1S/C13H23N3OS/c1-10-5-2-3-7-12(10)15-16-13(18)14-9-11-6-4-8-17-11/h10-11H,2-9H2,1H3,(H2,14,16,18)/t10-,11-/m0/s1. The van der Waals surface area contributed by atoms with E-state index < -0.39 is 0 Å². The highest BCUT2D eigenvalue weighted by Gasteiger charge is 2.17. The van der Waals surface area contributed by atoms with E-state index in [2.05, 4.69) is 22.8 Å². The summed E-state index contributed by atoms with van der Waals surface area (Å²) in [6, 6.07) is 0. The Kier molecular flexibility index (Phi) is 5.38. The minimum absolute atomic E-state index is 0.311. The van der Waals surface area contributed by atoms with Crippen molar-refractivity contribution in [3.8, 4) is 0 Å². The topological polar surface area (TPSA) is 45.7 Å². The molecule has 0 aromatic carbocycles. The molecule has 0 unspecified atom stereocenters. The van der Waals surface area contributed by atoms with Crippen molar-refractivity contribution in [1.82, 2.24) is 10.7 Å². The lowest BCUT2D eigenvalue weighted by atomic mass is 9.89. The molecule has 0 bridgehead atoms. The van der Waals surface area contributed by atoms with E-state index >= 15 is 0 Å². The summed E-state index contributed by atoms with van der Waals surface area (Å²) in [6.07, 6.45) is 7.51. The third-order valence-corrected chi connectivity index (χ3v) is 3.94. The first kappa shape index (κ1) is 13.7. The highest BCUT2D eigenvalue weighted by Crippen LogP contribution is 2.20. The molecule has 5 heteroatoms. The van der Waals surface area contributed by atoms with E-state index in [0.29, 0.717) is 17.1 Å². The van der Waals surface area contributed by atoms with Crippen LogP contribution in [0.5, 0.6) is 0 Å². The lowest BCUT2D eigenvalue weighted by molar-refractivity contribution is 0.114. The van der Waals surface area contributed by atoms with Crippen LogP contribution in [0.4, 0.5) is 0 Å². The van der Waals surface area contributed by atoms with Crippen LogP contribution < -0.4 is 10.7 Å². The van der Waals surface area contributed by atoms with Gasteiger partial charge in [0.05, 0.1) is 6.10 Å². The second-order valence-corrected chi connectivity index (χ2v) is 5.62. The van der Waals surface area contributed by atoms with Crippen LogP contribution in [-0.2, 0) is 4.74 Å². The molecule has 1 saturated heterocycles. The van der Waals surface area contributed by atoms with Crippen molar-refractivity contribution in [1.29, 1.82) is 0 Å². The fourth-order valence-corrected chi connectivity index (χ4v) is 2.64. The predicted molar refractivity (Wildman–Crippen MR) is 77.8 cm³/mol. The molecule has 1 saturated carbocycles. The molecule has 2 rings (SSSR count). The summed E-state index contributed by atoms with van der Waals surface area (Å²) in [4.78, 5) is 0. The second-order valence-electron chi connectivity index (χ2n) is 5.21. The van der Waals surface area contributed by atoms with Gasteiger partial charge in [0.1, 0.15) is 0 Å². The average Bonchev–Trinajstić information content (AvgIpc) is 2.88. The van der Waals surface area contributed by atoms with E-state index in [0.717, 1.165) is 32.4 Å². The number of rotatable bonds is 3. The third-order valence-electron chi connectivity index (χ3n) is 3.70. The summed E-state index contributed by atoms with van der Waals surface area (Å²) in [7, 11) is 0. The Morgan fingerprint density at radius 1 is 1.39 bits per heavy atom. The molecule has 2 aliphatic rings. The van der Waals surface area contributed by atoms with E-state index in [-0.39, 0.29) is 0 Å². The first-order chi connectivity index (χ1) is 8.75. The van der Waals surface area contributed by atoms with Crippen molar-refractivity contribution in [2.45, 2.75) is 51.6 Å². The fourth-order valence-electron chi connectivity index (χ4n) is 2.51. The number of hydrogen-bond donors (Lipinski definition) is 2. The molecular weight excluding hydrogens is 246 g/mol. The van der Waals surface area contributed by atoms with Gasteiger partial charge in [-0.25, -0.2) is 0 Å². The second kappa shape index (κ2) is 7.04. The number of ether oxygens (including phenoxy) is 1. The van der Waals surface area contributed by atoms with Gasteiger partial charge < -0.3 is 10.1 Å². The predicted octanol–water partition coefficient (Wildman–Crippen LogP) is 2.20. The molecule has 2 fully saturated rings. The zero-order valence-electron chi connectivity index (χ0n) is 11.1. The Morgan fingerprint density at radius 3 is 3.00 bits per heavy atom. The van der Waals surface area contributed by atoms with Crippen LogP contribution >= 0.6 is 12.2 Å². The van der Waals surface area contributed by atoms with Crippen molar-refractivity contribution in [3.63, 3.8) is 0 Å². The Labute approximate surface area is 115 Å². The lowest BCUT2D eigenvalue weighted by Crippen LogP contribution is -2.38. The molecule has 2 atom stereocenters. The van der Waals surface area contributed by atoms with Crippen LogP contribution in [0.15, 0.2) is 5.10 Å². The molecule has 1 aliphatic heterocycles. The number of nitrogens with zero attached hydrogens (tertiary/aromatic N) is 1. The number of hydrogen-bond acceptors (Lipinski definition) is 3. The van der Waals surface area contributed by atoms with Crippen molar-refractivity contribution in [2.24, 2.45) is 11.0 Å². The molecule has 1 aliphatic carbocycles. The smallest absolute Gasteiger partial charge is 0.187 e. The van der Waals surface area contributed by atoms with Gasteiger partial charge in [-0.05, 0) is 50.2 Å². The maximum atomic E-state index is 5.53. The summed E-state index contributed by atoms with van der Waals surface area (Å²) in [5.74, 6) is 0.590. The molecule has 0 aromatic rings. The van der Waals surface area contributed by atoms with Gasteiger partial charge >= 0.3 is 0 Å². The van der Waals surface area contributed by atoms with Gasteiger partial charge in [0.15, 0.2) is 5.11 Å². The highest BCUT2D eigenvalue weighted by atomic mass is 32.1. The first-order valence-electron chi connectivity index (χ1n) is 6.97. The molecule has 0 aromatic heterocycles. The molecule has 102 valence electrons. The van der Waals surface area contributed by atoms with Crippen LogP contribution in [0.3, 0.4) is 0 Å². The minimum atomic E-state index is 0.311. The van der Waals surface area contributed by atoms with E-state index in [1.165, 1.54) is 25.0 Å². The first-order valence-corrected chi connectivity index (χ1v) is 7.38. The lowest BCUT2D eigenvalue weighted by Gasteiger charge is -2.20. The Bertz CT molecular complexity index is 313. The number of hydrazone groups is 1. The summed E-state index contributed by atoms with van der Waals surface area (Å²) < 4.78 is 5.53. The van der Waals surface area contributed by atoms with Gasteiger partial charge in [-0.1, -0.05) is 13.3 Å². The fraction of sp³-hybridized carbons (Fsp3) is 0.846. The normalized spacial score (nSPS) is 30.4. The van der Waals surface area contributed by atoms with Gasteiger partial charge in [-0.15, -0.1) is 0 Å². The highest BCUT2D eigenvalue weighted by molar-refractivity contribution is 7.80. The van der Waals surface area contributed by atoms with E-state index in [1.54, 1.807) is 0 Å². The van der Waals surface area contributed by atoms with Crippen LogP contribution in [0.25, 0.3) is 0 Å². The van der Waals surface area contributed by atoms with Gasteiger partial charge in [0, 0.05) is 18.9 Å². The van der Waals surface area contributed by atoms with Crippen LogP contribution in [0.2, 0.25) is 0 Å². The van der Waals surface area contributed by atoms with Crippen molar-refractivity contribution >= 4 is 23.0 Å². The van der Waals surface area contributed by atoms with E-state index in [9.17, 15) is 0 Å². The Balaban J connectivity index is 1.68. The van der Waals surface area contributed by atoms with E-state index in [4.69, 9.17) is 17.0 Å². The summed E-state index contributed by atoms with van der Waals surface area (Å²) in [5, 5.41) is 8.21. The Hall–Kier alpha value is -0.680. The van der Waals surface area contributed by atoms with Gasteiger partial charge in [0.2, 0.25) is 0 Å². The summed E-state index contributed by atoms with van der Waals surface area (Å²) in [5.41, 5.74) is 4.21. The van der Waals surface area contributed by atoms with Crippen molar-refractivity contribution < 1.29 is 4.74 Å². The number of nitrogens with one attached hydrogen (secondary N) is 2. The maximum absolute atomic E-state index is 5.53. The molecule has 0 spiro atoms. The molecule has 1 heterocycles. The molecule has 0 amide bonds. The Morgan fingerprint density at radius 2 is 2.28 bits per heavy atom. The van der Waals surface area contributed by atoms with Crippen LogP contribution in [0.1, 0.15) is 45.4 Å². The quantitative estimate of drug-likeness (QED) is 0.609. The third kappa shape index (κ3) is 4.21. The SMILES string of the molecule is C[C@H]1CCCCC1=NNC(=S)NC[C@@H]1CCCO1. The van der Waals surface area contributed by atoms with E-state index in [1.807, 2.05) is 0 Å². The minimum Gasteiger partial charge on any atom is -0.376 e. The monoisotopic (exact) mass is 269 g/mol. The maximum Gasteiger partial charge on any atom is 0.187 e. The van der Waals surface area contributed by atoms with Crippen LogP contribution in [-0.4, -0.2) is 30.1 Å². The van der Waals surface area contributed by atoms with Crippen molar-refractivity contribution in [2.75, 3.05) is 13.2 Å². The molecular formula is C13H23N3OS. The van der Waals surface area contributed by atoms with Crippen molar-refractivity contribution in [3.05, 3.63) is 0 Å². The zero-order valence-corrected chi connectivity index (χ0v) is 11.9. The molecule has 4 nitrogen and oxygen atoms in total. The summed E-state index contributed by atoms with van der Waals surface area (Å²) in [6.45, 7) is 3.90. The zero-order chi connectivity index (χ0) is 12.8. The molecule has 18 heavy (non-hydrogen) atoms. The average molecular weight is 269 g/mol.